The van der Waals surface area contributed by atoms with Crippen LogP contribution in [0.5, 0.6) is 0 Å². The highest BCUT2D eigenvalue weighted by atomic mass is 16.7. The Morgan fingerprint density at radius 2 is 1.47 bits per heavy atom. The summed E-state index contributed by atoms with van der Waals surface area (Å²) < 4.78 is 19.4. The number of esters is 1. The smallest absolute Gasteiger partial charge is 0.330 e. The minimum absolute atomic E-state index is 0.132. The maximum absolute atomic E-state index is 14.0. The van der Waals surface area contributed by atoms with Gasteiger partial charge in [0.2, 0.25) is 5.79 Å². The third kappa shape index (κ3) is 11.4. The molecule has 0 aromatic rings. The summed E-state index contributed by atoms with van der Waals surface area (Å²) in [6, 6.07) is 0. The molecular formula is C45H72O12. The Morgan fingerprint density at radius 3 is 2.09 bits per heavy atom. The van der Waals surface area contributed by atoms with Crippen LogP contribution in [-0.2, 0) is 33.4 Å². The molecule has 0 saturated carbocycles. The number of hydrogen-bond acceptors (Lipinski definition) is 12. The Bertz CT molecular complexity index is 1470. The zero-order chi connectivity index (χ0) is 43.2. The van der Waals surface area contributed by atoms with Crippen LogP contribution in [0.15, 0.2) is 36.5 Å². The maximum Gasteiger partial charge on any atom is 0.330 e. The summed E-state index contributed by atoms with van der Waals surface area (Å²) in [5.41, 5.74) is -2.21. The SMILES string of the molecule is CC[C@@H]1/C=C\C=C\C[C@H](C)[C@@H](O)[C@](C)(O)C(=O)[C@H](C)[C@@H](O)[C@H](C)C(=O)[C@H](C)[C@@H](O)[C@H](C)/C=C/C(=O)O[C@H]2[C@@H](C)[C@@H](CC1)O[C@]1(O[C@H](C[C@H](C)O)[C@H](C)CC1=O)[C@@H]2C. The monoisotopic (exact) mass is 805 g/mol. The van der Waals surface area contributed by atoms with Gasteiger partial charge in [0, 0.05) is 42.1 Å². The van der Waals surface area contributed by atoms with Gasteiger partial charge in [0.05, 0.1) is 42.5 Å². The van der Waals surface area contributed by atoms with Crippen LogP contribution in [0.25, 0.3) is 0 Å². The van der Waals surface area contributed by atoms with E-state index in [1.165, 1.54) is 39.8 Å². The van der Waals surface area contributed by atoms with Gasteiger partial charge in [0.15, 0.2) is 11.6 Å². The largest absolute Gasteiger partial charge is 0.458 e. The number of aliphatic hydroxyl groups excluding tert-OH is 4. The van der Waals surface area contributed by atoms with Crippen molar-refractivity contribution in [1.82, 2.24) is 0 Å². The summed E-state index contributed by atoms with van der Waals surface area (Å²) in [6.45, 7) is 18.3. The number of carbonyl (C=O) groups is 4. The molecule has 12 heteroatoms. The molecule has 57 heavy (non-hydrogen) atoms. The summed E-state index contributed by atoms with van der Waals surface area (Å²) in [4.78, 5) is 54.5. The van der Waals surface area contributed by atoms with Crippen LogP contribution in [0.2, 0.25) is 0 Å². The lowest BCUT2D eigenvalue weighted by atomic mass is 9.74. The highest BCUT2D eigenvalue weighted by Crippen LogP contribution is 2.47. The number of Topliss-reactive ketones (excluding diaryl/α,β-unsaturated/α-hetero) is 3. The molecule has 2 saturated heterocycles. The van der Waals surface area contributed by atoms with Gasteiger partial charge in [0.25, 0.3) is 0 Å². The Balaban J connectivity index is 2.02. The number of fused-ring (bicyclic) bond motifs is 2. The molecule has 3 aliphatic rings. The molecule has 0 aliphatic carbocycles. The first-order valence-corrected chi connectivity index (χ1v) is 21.1. The van der Waals surface area contributed by atoms with Crippen LogP contribution in [0.1, 0.15) is 115 Å². The van der Waals surface area contributed by atoms with Crippen molar-refractivity contribution in [1.29, 1.82) is 0 Å². The molecule has 3 aliphatic heterocycles. The van der Waals surface area contributed by atoms with Crippen LogP contribution in [0, 0.1) is 53.3 Å². The Hall–Kier alpha value is -2.58. The van der Waals surface area contributed by atoms with Crippen LogP contribution < -0.4 is 0 Å². The number of allylic oxidation sites excluding steroid dienone is 4. The zero-order valence-electron chi connectivity index (χ0n) is 36.0. The summed E-state index contributed by atoms with van der Waals surface area (Å²) in [7, 11) is 0. The minimum atomic E-state index is -2.21. The van der Waals surface area contributed by atoms with Gasteiger partial charge >= 0.3 is 5.97 Å². The summed E-state index contributed by atoms with van der Waals surface area (Å²) >= 11 is 0. The van der Waals surface area contributed by atoms with E-state index in [2.05, 4.69) is 13.0 Å². The Labute approximate surface area is 340 Å². The average Bonchev–Trinajstić information content (AvgIpc) is 3.16. The van der Waals surface area contributed by atoms with E-state index in [1.54, 1.807) is 27.7 Å². The fourth-order valence-corrected chi connectivity index (χ4v) is 8.91. The van der Waals surface area contributed by atoms with Gasteiger partial charge in [-0.15, -0.1) is 0 Å². The zero-order valence-corrected chi connectivity index (χ0v) is 36.0. The third-order valence-corrected chi connectivity index (χ3v) is 13.2. The van der Waals surface area contributed by atoms with Gasteiger partial charge in [-0.1, -0.05) is 92.7 Å². The van der Waals surface area contributed by atoms with E-state index >= 15 is 0 Å². The predicted molar refractivity (Wildman–Crippen MR) is 215 cm³/mol. The standard InChI is InChI=1S/C45H72O12/c1-12-33-17-15-13-14-16-25(3)42(52)44(11,54)43(53)31(9)40(51)30(8)39(50)29(7)38(49)24(2)18-21-37(48)55-41-28(6)34(20-19-33)56-45(32(41)10)36(47)22-26(4)35(57-45)23-27(5)46/h13-15,17-18,21,24-35,38,40-42,46,49,51-52,54H,12,16,19-20,22-23H2,1-11H3/b14-13+,17-15-,21-18+/t24-,25+,26-,27+,28+,29-,30-,31-,32-,33-,34-,35-,38+,40+,41+,42-,44+,45+/m1/s1. The summed E-state index contributed by atoms with van der Waals surface area (Å²) in [5.74, 6) is -9.55. The van der Waals surface area contributed by atoms with Gasteiger partial charge in [-0.05, 0) is 63.7 Å². The molecule has 1 spiro atoms. The maximum atomic E-state index is 14.0. The van der Waals surface area contributed by atoms with Crippen molar-refractivity contribution in [2.45, 2.75) is 169 Å². The van der Waals surface area contributed by atoms with Gasteiger partial charge < -0.3 is 39.7 Å². The summed E-state index contributed by atoms with van der Waals surface area (Å²) in [6.07, 6.45) is 6.53. The first-order valence-electron chi connectivity index (χ1n) is 21.1. The van der Waals surface area contributed by atoms with E-state index in [1.807, 2.05) is 32.1 Å². The lowest BCUT2D eigenvalue weighted by Crippen LogP contribution is -2.66. The van der Waals surface area contributed by atoms with Crippen LogP contribution in [0.3, 0.4) is 0 Å². The van der Waals surface area contributed by atoms with Gasteiger partial charge in [-0.3, -0.25) is 14.4 Å². The van der Waals surface area contributed by atoms with Gasteiger partial charge in [-0.25, -0.2) is 4.79 Å². The number of carbonyl (C=O) groups excluding carboxylic acids is 4. The molecule has 0 aromatic carbocycles. The molecule has 0 aromatic heterocycles. The van der Waals surface area contributed by atoms with Crippen LogP contribution in [-0.4, -0.2) is 103 Å². The molecule has 0 amide bonds. The molecular weight excluding hydrogens is 732 g/mol. The van der Waals surface area contributed by atoms with E-state index in [0.29, 0.717) is 25.7 Å². The Morgan fingerprint density at radius 1 is 0.842 bits per heavy atom. The molecule has 0 unspecified atom stereocenters. The lowest BCUT2D eigenvalue weighted by Gasteiger charge is -2.54. The van der Waals surface area contributed by atoms with Crippen LogP contribution >= 0.6 is 0 Å². The second-order valence-electron chi connectivity index (χ2n) is 17.9. The second-order valence-corrected chi connectivity index (χ2v) is 17.9. The lowest BCUT2D eigenvalue weighted by molar-refractivity contribution is -0.344. The van der Waals surface area contributed by atoms with E-state index in [-0.39, 0.29) is 30.0 Å². The number of rotatable bonds is 3. The third-order valence-electron chi connectivity index (χ3n) is 13.2. The molecule has 18 atom stereocenters. The first kappa shape index (κ1) is 48.8. The highest BCUT2D eigenvalue weighted by Gasteiger charge is 2.61. The van der Waals surface area contributed by atoms with E-state index < -0.39 is 107 Å². The highest BCUT2D eigenvalue weighted by molar-refractivity contribution is 5.91. The topological polar surface area (TPSA) is 197 Å². The molecule has 2 bridgehead atoms. The normalized spacial score (nSPS) is 46.2. The van der Waals surface area contributed by atoms with E-state index in [0.717, 1.165) is 6.42 Å². The number of ketones is 3. The Kier molecular flexibility index (Phi) is 17.6. The van der Waals surface area contributed by atoms with Crippen molar-refractivity contribution >= 4 is 23.3 Å². The summed E-state index contributed by atoms with van der Waals surface area (Å²) in [5, 5.41) is 55.0. The van der Waals surface area contributed by atoms with E-state index in [9.17, 15) is 44.7 Å². The van der Waals surface area contributed by atoms with E-state index in [4.69, 9.17) is 14.2 Å². The fraction of sp³-hybridized carbons (Fsp3) is 0.778. The number of aliphatic hydroxyl groups is 5. The van der Waals surface area contributed by atoms with Crippen molar-refractivity contribution in [3.8, 4) is 0 Å². The predicted octanol–water partition coefficient (Wildman–Crippen LogP) is 5.06. The van der Waals surface area contributed by atoms with Crippen molar-refractivity contribution in [2.75, 3.05) is 0 Å². The number of ether oxygens (including phenoxy) is 3. The molecule has 3 heterocycles. The minimum Gasteiger partial charge on any atom is -0.458 e. The first-order chi connectivity index (χ1) is 26.5. The molecule has 5 N–H and O–H groups in total. The quantitative estimate of drug-likeness (QED) is 0.238. The van der Waals surface area contributed by atoms with Gasteiger partial charge in [0.1, 0.15) is 17.5 Å². The molecule has 12 nitrogen and oxygen atoms in total. The molecule has 3 rings (SSSR count). The van der Waals surface area contributed by atoms with Crippen molar-refractivity contribution in [3.05, 3.63) is 36.5 Å². The molecule has 324 valence electrons. The van der Waals surface area contributed by atoms with Crippen molar-refractivity contribution in [2.24, 2.45) is 53.3 Å². The second kappa shape index (κ2) is 20.6. The molecule has 2 fully saturated rings. The molecule has 0 radical (unpaired) electrons. The number of hydrogen-bond donors (Lipinski definition) is 5. The van der Waals surface area contributed by atoms with Crippen LogP contribution in [0.4, 0.5) is 0 Å². The van der Waals surface area contributed by atoms with Crippen molar-refractivity contribution in [3.63, 3.8) is 0 Å². The fourth-order valence-electron chi connectivity index (χ4n) is 8.91. The average molecular weight is 805 g/mol. The van der Waals surface area contributed by atoms with Gasteiger partial charge in [-0.2, -0.15) is 0 Å². The van der Waals surface area contributed by atoms with Crippen molar-refractivity contribution < 1.29 is 58.9 Å².